The van der Waals surface area contributed by atoms with Crippen molar-refractivity contribution in [2.24, 2.45) is 0 Å². The summed E-state index contributed by atoms with van der Waals surface area (Å²) in [7, 11) is -3.67. The minimum Gasteiger partial charge on any atom is -0.508 e. The number of hydrogen-bond donors (Lipinski definition) is 2. The van der Waals surface area contributed by atoms with Gasteiger partial charge in [-0.3, -0.25) is 4.55 Å². The first-order chi connectivity index (χ1) is 5.39. The van der Waals surface area contributed by atoms with E-state index in [1.807, 2.05) is 6.07 Å². The maximum absolute atomic E-state index is 9.19. The quantitative estimate of drug-likeness (QED) is 0.596. The Morgan fingerprint density at radius 3 is 1.67 bits per heavy atom. The minimum atomic E-state index is -3.67. The van der Waals surface area contributed by atoms with Crippen molar-refractivity contribution in [3.8, 4) is 5.75 Å². The predicted molar refractivity (Wildman–Crippen MR) is 45.6 cm³/mol. The molecular formula is C7H10O4S. The van der Waals surface area contributed by atoms with E-state index in [1.54, 1.807) is 24.3 Å². The molecule has 0 bridgehead atoms. The van der Waals surface area contributed by atoms with Crippen molar-refractivity contribution in [1.82, 2.24) is 0 Å². The molecule has 1 rings (SSSR count). The van der Waals surface area contributed by atoms with Gasteiger partial charge < -0.3 is 5.11 Å². The van der Waals surface area contributed by atoms with Crippen LogP contribution in [0.5, 0.6) is 5.75 Å². The van der Waals surface area contributed by atoms with Gasteiger partial charge in [-0.1, -0.05) is 18.2 Å². The summed E-state index contributed by atoms with van der Waals surface area (Å²) in [5.41, 5.74) is 0. The topological polar surface area (TPSA) is 74.6 Å². The Hall–Kier alpha value is -1.07. The fourth-order valence-corrected chi connectivity index (χ4v) is 0.428. The van der Waals surface area contributed by atoms with Gasteiger partial charge >= 0.3 is 0 Å². The smallest absolute Gasteiger partial charge is 0.261 e. The van der Waals surface area contributed by atoms with Crippen molar-refractivity contribution in [3.05, 3.63) is 30.3 Å². The van der Waals surface area contributed by atoms with Crippen molar-refractivity contribution in [2.45, 2.75) is 0 Å². The van der Waals surface area contributed by atoms with Gasteiger partial charge in [-0.25, -0.2) is 0 Å². The van der Waals surface area contributed by atoms with Crippen LogP contribution in [0.15, 0.2) is 30.3 Å². The van der Waals surface area contributed by atoms with Gasteiger partial charge in [0.15, 0.2) is 0 Å². The molecule has 0 spiro atoms. The maximum atomic E-state index is 9.19. The third-order valence-electron chi connectivity index (χ3n) is 0.756. The molecule has 0 radical (unpaired) electrons. The predicted octanol–water partition coefficient (Wildman–Crippen LogP) is 0.896. The molecule has 2 N–H and O–H groups in total. The van der Waals surface area contributed by atoms with E-state index in [4.69, 9.17) is 9.66 Å². The van der Waals surface area contributed by atoms with Crippen LogP contribution < -0.4 is 0 Å². The largest absolute Gasteiger partial charge is 0.508 e. The molecule has 0 heterocycles. The van der Waals surface area contributed by atoms with Crippen molar-refractivity contribution < 1.29 is 18.1 Å². The molecule has 0 atom stereocenters. The monoisotopic (exact) mass is 190 g/mol. The molecular weight excluding hydrogens is 180 g/mol. The summed E-state index contributed by atoms with van der Waals surface area (Å²) >= 11 is 0. The van der Waals surface area contributed by atoms with Crippen LogP contribution in [0, 0.1) is 0 Å². The highest BCUT2D eigenvalue weighted by Crippen LogP contribution is 2.02. The first-order valence-corrected chi connectivity index (χ1v) is 4.91. The van der Waals surface area contributed by atoms with Gasteiger partial charge in [-0.05, 0) is 12.1 Å². The Balaban J connectivity index is 0.000000217. The molecule has 0 unspecified atom stereocenters. The molecule has 0 saturated heterocycles. The van der Waals surface area contributed by atoms with E-state index in [1.165, 1.54) is 0 Å². The average Bonchev–Trinajstić information content (AvgIpc) is 1.85. The summed E-state index contributed by atoms with van der Waals surface area (Å²) in [5.74, 6) is 0.322. The number of phenols is 1. The van der Waals surface area contributed by atoms with Gasteiger partial charge in [0.2, 0.25) is 0 Å². The summed E-state index contributed by atoms with van der Waals surface area (Å²) < 4.78 is 25.9. The van der Waals surface area contributed by atoms with Crippen molar-refractivity contribution >= 4 is 10.1 Å². The number of rotatable bonds is 0. The van der Waals surface area contributed by atoms with E-state index in [-0.39, 0.29) is 0 Å². The van der Waals surface area contributed by atoms with E-state index in [2.05, 4.69) is 0 Å². The Morgan fingerprint density at radius 2 is 1.50 bits per heavy atom. The highest BCUT2D eigenvalue weighted by Gasteiger charge is 1.81. The lowest BCUT2D eigenvalue weighted by atomic mass is 10.3. The molecule has 5 heteroatoms. The van der Waals surface area contributed by atoms with E-state index < -0.39 is 10.1 Å². The van der Waals surface area contributed by atoms with E-state index in [0.29, 0.717) is 12.0 Å². The van der Waals surface area contributed by atoms with E-state index in [9.17, 15) is 8.42 Å². The van der Waals surface area contributed by atoms with Crippen LogP contribution in [0.25, 0.3) is 0 Å². The van der Waals surface area contributed by atoms with Gasteiger partial charge in [0.25, 0.3) is 10.1 Å². The summed E-state index contributed by atoms with van der Waals surface area (Å²) in [6.45, 7) is 0. The molecule has 0 saturated carbocycles. The SMILES string of the molecule is CS(=O)(=O)O.Oc1ccccc1. The van der Waals surface area contributed by atoms with Crippen LogP contribution in [-0.2, 0) is 10.1 Å². The molecule has 0 fully saturated rings. The standard InChI is InChI=1S/C6H6O.CH4O3S/c7-6-4-2-1-3-5-6;1-5(2,3)4/h1-5,7H;1H3,(H,2,3,4). The van der Waals surface area contributed by atoms with Crippen LogP contribution in [0.4, 0.5) is 0 Å². The van der Waals surface area contributed by atoms with Crippen molar-refractivity contribution in [2.75, 3.05) is 6.26 Å². The van der Waals surface area contributed by atoms with Gasteiger partial charge in [0.05, 0.1) is 6.26 Å². The lowest BCUT2D eigenvalue weighted by Crippen LogP contribution is -1.88. The van der Waals surface area contributed by atoms with E-state index >= 15 is 0 Å². The summed E-state index contributed by atoms with van der Waals surface area (Å²) in [5, 5.41) is 8.63. The van der Waals surface area contributed by atoms with Crippen LogP contribution in [0.1, 0.15) is 0 Å². The second-order valence-corrected chi connectivity index (χ2v) is 3.53. The summed E-state index contributed by atoms with van der Waals surface area (Å²) in [4.78, 5) is 0. The Kier molecular flexibility index (Phi) is 4.31. The zero-order valence-corrected chi connectivity index (χ0v) is 7.32. The molecule has 68 valence electrons. The molecule has 0 amide bonds. The molecule has 1 aromatic rings. The van der Waals surface area contributed by atoms with Gasteiger partial charge in [-0.2, -0.15) is 8.42 Å². The Morgan fingerprint density at radius 1 is 1.17 bits per heavy atom. The zero-order chi connectivity index (χ0) is 9.61. The Bertz CT molecular complexity index is 295. The molecule has 12 heavy (non-hydrogen) atoms. The lowest BCUT2D eigenvalue weighted by molar-refractivity contribution is 0.475. The van der Waals surface area contributed by atoms with Gasteiger partial charge in [0.1, 0.15) is 5.75 Å². The molecule has 0 aromatic heterocycles. The highest BCUT2D eigenvalue weighted by molar-refractivity contribution is 7.85. The summed E-state index contributed by atoms with van der Waals surface area (Å²) in [6.07, 6.45) is 0.715. The Labute approximate surface area is 71.2 Å². The second-order valence-electron chi connectivity index (χ2n) is 2.07. The number of phenolic OH excluding ortho intramolecular Hbond substituents is 1. The first-order valence-electron chi connectivity index (χ1n) is 3.06. The van der Waals surface area contributed by atoms with Crippen LogP contribution >= 0.6 is 0 Å². The molecule has 1 aromatic carbocycles. The summed E-state index contributed by atoms with van der Waals surface area (Å²) in [6, 6.07) is 8.71. The number of para-hydroxylation sites is 1. The zero-order valence-electron chi connectivity index (χ0n) is 6.51. The van der Waals surface area contributed by atoms with Gasteiger partial charge in [0, 0.05) is 0 Å². The van der Waals surface area contributed by atoms with Crippen LogP contribution in [0.2, 0.25) is 0 Å². The molecule has 0 aliphatic carbocycles. The normalized spacial score (nSPS) is 9.83. The van der Waals surface area contributed by atoms with Gasteiger partial charge in [-0.15, -0.1) is 0 Å². The number of hydrogen-bond acceptors (Lipinski definition) is 3. The van der Waals surface area contributed by atoms with Crippen LogP contribution in [-0.4, -0.2) is 24.3 Å². The average molecular weight is 190 g/mol. The molecule has 0 aliphatic rings. The third kappa shape index (κ3) is 11.7. The van der Waals surface area contributed by atoms with E-state index in [0.717, 1.165) is 0 Å². The third-order valence-corrected chi connectivity index (χ3v) is 0.756. The minimum absolute atomic E-state index is 0.322. The molecule has 0 aliphatic heterocycles. The number of benzene rings is 1. The fraction of sp³-hybridized carbons (Fsp3) is 0.143. The number of aromatic hydroxyl groups is 1. The van der Waals surface area contributed by atoms with Crippen molar-refractivity contribution in [1.29, 1.82) is 0 Å². The van der Waals surface area contributed by atoms with Crippen LogP contribution in [0.3, 0.4) is 0 Å². The fourth-order valence-electron chi connectivity index (χ4n) is 0.428. The first kappa shape index (κ1) is 10.9. The molecule has 4 nitrogen and oxygen atoms in total. The lowest BCUT2D eigenvalue weighted by Gasteiger charge is -1.82. The highest BCUT2D eigenvalue weighted by atomic mass is 32.2. The second kappa shape index (κ2) is 4.74. The van der Waals surface area contributed by atoms with Crippen molar-refractivity contribution in [3.63, 3.8) is 0 Å². The maximum Gasteiger partial charge on any atom is 0.261 e.